The summed E-state index contributed by atoms with van der Waals surface area (Å²) in [6, 6.07) is 14.3. The van der Waals surface area contributed by atoms with Crippen molar-refractivity contribution in [3.63, 3.8) is 0 Å². The van der Waals surface area contributed by atoms with Crippen LogP contribution in [0.25, 0.3) is 5.69 Å². The summed E-state index contributed by atoms with van der Waals surface area (Å²) in [5, 5.41) is 25.9. The van der Waals surface area contributed by atoms with Gasteiger partial charge >= 0.3 is 5.82 Å². The highest BCUT2D eigenvalue weighted by molar-refractivity contribution is 6.30. The highest BCUT2D eigenvalue weighted by Gasteiger charge is 2.23. The van der Waals surface area contributed by atoms with Gasteiger partial charge in [0.15, 0.2) is 0 Å². The van der Waals surface area contributed by atoms with Gasteiger partial charge in [-0.15, -0.1) is 0 Å². The van der Waals surface area contributed by atoms with Crippen molar-refractivity contribution in [2.45, 2.75) is 13.3 Å². The molecule has 1 aromatic heterocycles. The van der Waals surface area contributed by atoms with Gasteiger partial charge in [0.25, 0.3) is 5.49 Å². The molecule has 0 saturated heterocycles. The molecule has 0 unspecified atom stereocenters. The molecule has 0 bridgehead atoms. The molecular formula is C17H16ClN5O3. The molecule has 26 heavy (non-hydrogen) atoms. The zero-order valence-electron chi connectivity index (χ0n) is 13.9. The van der Waals surface area contributed by atoms with Gasteiger partial charge in [-0.05, 0) is 52.9 Å². The molecule has 1 heterocycles. The average Bonchev–Trinajstić information content (AvgIpc) is 2.93. The molecule has 0 atom stereocenters. The van der Waals surface area contributed by atoms with Crippen LogP contribution in [0, 0.1) is 17.0 Å². The summed E-state index contributed by atoms with van der Waals surface area (Å²) in [4.78, 5) is 16.3. The van der Waals surface area contributed by atoms with E-state index < -0.39 is 10.7 Å². The van der Waals surface area contributed by atoms with Gasteiger partial charge in [0, 0.05) is 11.6 Å². The van der Waals surface area contributed by atoms with E-state index in [0.717, 1.165) is 15.9 Å². The molecule has 3 rings (SSSR count). The second-order valence-corrected chi connectivity index (χ2v) is 6.12. The molecule has 0 aliphatic carbocycles. The minimum absolute atomic E-state index is 0.211. The Hall–Kier alpha value is -3.13. The first-order valence-electron chi connectivity index (χ1n) is 7.83. The van der Waals surface area contributed by atoms with Crippen LogP contribution in [0.4, 0.5) is 5.82 Å². The summed E-state index contributed by atoms with van der Waals surface area (Å²) in [5.74, 6) is -0.522. The number of hydrogen-bond acceptors (Lipinski definition) is 5. The standard InChI is InChI=1S/C17H16ClN5O3/c1-12-3-2-4-13(11-12)9-10-19-16-17(23(25)26)20-21(22(16)24)15-7-5-14(18)6-8-15/h2-8,11,24H,9-10H2,1H3. The van der Waals surface area contributed by atoms with Crippen LogP contribution >= 0.6 is 11.6 Å². The molecule has 0 aliphatic rings. The third kappa shape index (κ3) is 3.75. The Labute approximate surface area is 153 Å². The largest absolute Gasteiger partial charge is 0.438 e. The lowest BCUT2D eigenvalue weighted by molar-refractivity contribution is -0.391. The summed E-state index contributed by atoms with van der Waals surface area (Å²) >= 11 is 5.84. The molecule has 8 nitrogen and oxygen atoms in total. The first-order chi connectivity index (χ1) is 12.5. The van der Waals surface area contributed by atoms with E-state index in [2.05, 4.69) is 10.1 Å². The number of aryl methyl sites for hydroxylation is 1. The molecule has 0 spiro atoms. The van der Waals surface area contributed by atoms with Crippen LogP contribution in [0.2, 0.25) is 5.02 Å². The highest BCUT2D eigenvalue weighted by atomic mass is 35.5. The van der Waals surface area contributed by atoms with E-state index in [-0.39, 0.29) is 12.0 Å². The van der Waals surface area contributed by atoms with Gasteiger partial charge < -0.3 is 15.3 Å². The summed E-state index contributed by atoms with van der Waals surface area (Å²) in [6.45, 7) is 2.26. The van der Waals surface area contributed by atoms with Gasteiger partial charge in [0.05, 0.1) is 5.10 Å². The molecule has 0 fully saturated rings. The fourth-order valence-electron chi connectivity index (χ4n) is 2.51. The van der Waals surface area contributed by atoms with E-state index in [1.807, 2.05) is 31.2 Å². The van der Waals surface area contributed by atoms with Gasteiger partial charge in [-0.25, -0.2) is 0 Å². The molecule has 0 aliphatic heterocycles. The molecule has 3 aromatic rings. The zero-order chi connectivity index (χ0) is 18.7. The quantitative estimate of drug-likeness (QED) is 0.422. The van der Waals surface area contributed by atoms with Crippen LogP contribution in [0.5, 0.6) is 0 Å². The topological polar surface area (TPSA) is 98.5 Å². The Bertz CT molecular complexity index is 1010. The van der Waals surface area contributed by atoms with Crippen LogP contribution in [-0.4, -0.2) is 31.4 Å². The Balaban J connectivity index is 1.95. The van der Waals surface area contributed by atoms with Crippen LogP contribution in [0.15, 0.2) is 53.5 Å². The van der Waals surface area contributed by atoms with Crippen molar-refractivity contribution in [2.24, 2.45) is 4.99 Å². The fourth-order valence-corrected chi connectivity index (χ4v) is 2.63. The summed E-state index contributed by atoms with van der Waals surface area (Å²) in [6.07, 6.45) is 0.588. The molecule has 0 amide bonds. The minimum atomic E-state index is -0.676. The van der Waals surface area contributed by atoms with E-state index >= 15 is 0 Å². The van der Waals surface area contributed by atoms with Crippen molar-refractivity contribution < 1.29 is 10.1 Å². The molecule has 2 aromatic carbocycles. The lowest BCUT2D eigenvalue weighted by Crippen LogP contribution is -2.23. The summed E-state index contributed by atoms with van der Waals surface area (Å²) < 4.78 is 0. The molecule has 0 saturated carbocycles. The first kappa shape index (κ1) is 17.7. The Morgan fingerprint density at radius 2 is 2.00 bits per heavy atom. The van der Waals surface area contributed by atoms with Crippen molar-refractivity contribution >= 4 is 17.4 Å². The molecular weight excluding hydrogens is 358 g/mol. The Kier molecular flexibility index (Phi) is 5.04. The lowest BCUT2D eigenvalue weighted by Gasteiger charge is -2.00. The van der Waals surface area contributed by atoms with Crippen molar-refractivity contribution in [3.05, 3.63) is 80.3 Å². The van der Waals surface area contributed by atoms with E-state index in [0.29, 0.717) is 22.0 Å². The predicted molar refractivity (Wildman–Crippen MR) is 95.7 cm³/mol. The van der Waals surface area contributed by atoms with E-state index in [9.17, 15) is 15.3 Å². The van der Waals surface area contributed by atoms with Crippen molar-refractivity contribution in [1.29, 1.82) is 0 Å². The Morgan fingerprint density at radius 1 is 1.27 bits per heavy atom. The maximum absolute atomic E-state index is 11.3. The monoisotopic (exact) mass is 373 g/mol. The second-order valence-electron chi connectivity index (χ2n) is 5.68. The predicted octanol–water partition coefficient (Wildman–Crippen LogP) is 2.92. The molecule has 134 valence electrons. The van der Waals surface area contributed by atoms with E-state index in [1.165, 1.54) is 0 Å². The number of rotatable bonds is 5. The van der Waals surface area contributed by atoms with Gasteiger partial charge in [0.1, 0.15) is 5.69 Å². The van der Waals surface area contributed by atoms with Gasteiger partial charge in [-0.1, -0.05) is 46.3 Å². The number of hydrogen-bond donors (Lipinski definition) is 1. The van der Waals surface area contributed by atoms with Crippen molar-refractivity contribution in [2.75, 3.05) is 6.54 Å². The number of halogens is 1. The number of benzene rings is 2. The minimum Gasteiger partial charge on any atom is -0.409 e. The maximum atomic E-state index is 11.3. The highest BCUT2D eigenvalue weighted by Crippen LogP contribution is 2.13. The van der Waals surface area contributed by atoms with Crippen LogP contribution < -0.4 is 5.49 Å². The number of aromatic nitrogens is 3. The van der Waals surface area contributed by atoms with Crippen molar-refractivity contribution in [3.8, 4) is 5.69 Å². The normalized spacial score (nSPS) is 11.7. The van der Waals surface area contributed by atoms with Gasteiger partial charge in [0.2, 0.25) is 0 Å². The first-order valence-corrected chi connectivity index (χ1v) is 8.21. The maximum Gasteiger partial charge on any atom is 0.438 e. The van der Waals surface area contributed by atoms with E-state index in [1.54, 1.807) is 24.3 Å². The SMILES string of the molecule is Cc1cccc(CCN=c2c([N+](=O)[O-])nn(-c3ccc(Cl)cc3)n2O)c1. The lowest BCUT2D eigenvalue weighted by atomic mass is 10.1. The molecule has 9 heteroatoms. The van der Waals surface area contributed by atoms with Crippen LogP contribution in [0.1, 0.15) is 11.1 Å². The smallest absolute Gasteiger partial charge is 0.409 e. The second kappa shape index (κ2) is 7.40. The fraction of sp³-hybridized carbons (Fsp3) is 0.176. The Morgan fingerprint density at radius 3 is 2.65 bits per heavy atom. The third-order valence-corrected chi connectivity index (χ3v) is 3.99. The van der Waals surface area contributed by atoms with Crippen LogP contribution in [-0.2, 0) is 6.42 Å². The third-order valence-electron chi connectivity index (χ3n) is 3.73. The zero-order valence-corrected chi connectivity index (χ0v) is 14.7. The van der Waals surface area contributed by atoms with Gasteiger partial charge in [-0.2, -0.15) is 0 Å². The summed E-state index contributed by atoms with van der Waals surface area (Å²) in [5.41, 5.74) is 2.39. The summed E-state index contributed by atoms with van der Waals surface area (Å²) in [7, 11) is 0. The van der Waals surface area contributed by atoms with E-state index in [4.69, 9.17) is 11.6 Å². The molecule has 1 N–H and O–H groups in total. The van der Waals surface area contributed by atoms with Crippen molar-refractivity contribution in [1.82, 2.24) is 14.7 Å². The van der Waals surface area contributed by atoms with Gasteiger partial charge in [-0.3, -0.25) is 4.99 Å². The number of nitro groups is 1. The average molecular weight is 374 g/mol. The number of nitrogens with zero attached hydrogens (tertiary/aromatic N) is 5. The van der Waals surface area contributed by atoms with Crippen LogP contribution in [0.3, 0.4) is 0 Å². The molecule has 0 radical (unpaired) electrons.